The lowest BCUT2D eigenvalue weighted by Crippen LogP contribution is -2.16. The summed E-state index contributed by atoms with van der Waals surface area (Å²) in [5, 5.41) is 9.09. The van der Waals surface area contributed by atoms with E-state index in [4.69, 9.17) is 5.11 Å². The van der Waals surface area contributed by atoms with Crippen molar-refractivity contribution in [3.63, 3.8) is 0 Å². The number of carboxylic acids is 1. The summed E-state index contributed by atoms with van der Waals surface area (Å²) >= 11 is 0. The van der Waals surface area contributed by atoms with Crippen LogP contribution in [0.25, 0.3) is 0 Å². The molecule has 0 saturated carbocycles. The molecule has 17 heavy (non-hydrogen) atoms. The number of nitrogens with zero attached hydrogens (tertiary/aromatic N) is 3. The minimum atomic E-state index is -1.04. The smallest absolute Gasteiger partial charge is 0.341 e. The first-order valence-electron chi connectivity index (χ1n) is 5.03. The minimum Gasteiger partial charge on any atom is -0.477 e. The summed E-state index contributed by atoms with van der Waals surface area (Å²) in [7, 11) is 1.76. The van der Waals surface area contributed by atoms with E-state index >= 15 is 0 Å². The van der Waals surface area contributed by atoms with E-state index in [1.165, 1.54) is 6.20 Å². The van der Waals surface area contributed by atoms with Crippen molar-refractivity contribution in [2.24, 2.45) is 0 Å². The van der Waals surface area contributed by atoms with Crippen molar-refractivity contribution in [2.75, 3.05) is 11.9 Å². The molecule has 0 amide bonds. The summed E-state index contributed by atoms with van der Waals surface area (Å²) in [5.41, 5.74) is 0.921. The van der Waals surface area contributed by atoms with Crippen molar-refractivity contribution in [1.82, 2.24) is 15.0 Å². The van der Waals surface area contributed by atoms with Crippen LogP contribution in [0.2, 0.25) is 0 Å². The highest BCUT2D eigenvalue weighted by Gasteiger charge is 2.17. The highest BCUT2D eigenvalue weighted by Crippen LogP contribution is 2.24. The summed E-state index contributed by atoms with van der Waals surface area (Å²) < 4.78 is 0. The van der Waals surface area contributed by atoms with E-state index in [2.05, 4.69) is 15.0 Å². The number of nitrogens with one attached hydrogen (secondary N) is 1. The van der Waals surface area contributed by atoms with E-state index in [9.17, 15) is 4.79 Å². The van der Waals surface area contributed by atoms with Crippen LogP contribution >= 0.6 is 0 Å². The van der Waals surface area contributed by atoms with Crippen molar-refractivity contribution in [3.8, 4) is 0 Å². The Morgan fingerprint density at radius 1 is 1.53 bits per heavy atom. The van der Waals surface area contributed by atoms with Gasteiger partial charge in [-0.2, -0.15) is 0 Å². The van der Waals surface area contributed by atoms with Gasteiger partial charge in [-0.3, -0.25) is 0 Å². The number of aromatic amines is 1. The zero-order valence-corrected chi connectivity index (χ0v) is 9.51. The quantitative estimate of drug-likeness (QED) is 0.839. The topological polar surface area (TPSA) is 82.1 Å². The Balaban J connectivity index is 2.50. The average Bonchev–Trinajstić information content (AvgIpc) is 2.80. The first-order chi connectivity index (χ1) is 8.09. The van der Waals surface area contributed by atoms with E-state index in [0.29, 0.717) is 11.6 Å². The van der Waals surface area contributed by atoms with E-state index in [1.807, 2.05) is 6.07 Å². The van der Waals surface area contributed by atoms with Gasteiger partial charge in [0.05, 0.1) is 5.69 Å². The molecule has 2 aromatic heterocycles. The monoisotopic (exact) mass is 232 g/mol. The van der Waals surface area contributed by atoms with Gasteiger partial charge in [-0.25, -0.2) is 14.8 Å². The number of aryl methyl sites for hydroxylation is 1. The van der Waals surface area contributed by atoms with Crippen molar-refractivity contribution in [3.05, 3.63) is 36.0 Å². The largest absolute Gasteiger partial charge is 0.477 e. The minimum absolute atomic E-state index is 0.0827. The van der Waals surface area contributed by atoms with Gasteiger partial charge in [0.2, 0.25) is 0 Å². The van der Waals surface area contributed by atoms with Gasteiger partial charge in [0.25, 0.3) is 0 Å². The average molecular weight is 232 g/mol. The molecule has 6 heteroatoms. The molecule has 0 unspecified atom stereocenters. The highest BCUT2D eigenvalue weighted by atomic mass is 16.4. The zero-order valence-electron chi connectivity index (χ0n) is 9.51. The molecule has 0 bridgehead atoms. The van der Waals surface area contributed by atoms with Gasteiger partial charge in [0, 0.05) is 25.6 Å². The number of carbonyl (C=O) groups is 1. The molecule has 2 N–H and O–H groups in total. The first kappa shape index (κ1) is 11.1. The predicted molar refractivity (Wildman–Crippen MR) is 62.6 cm³/mol. The van der Waals surface area contributed by atoms with E-state index < -0.39 is 5.97 Å². The van der Waals surface area contributed by atoms with Crippen molar-refractivity contribution in [1.29, 1.82) is 0 Å². The molecular formula is C11H12N4O2. The number of carboxylic acid groups (broad SMARTS) is 1. The SMILES string of the molecule is Cc1ncc(C(=O)O)c(N(C)c2cc[nH]c2)n1. The van der Waals surface area contributed by atoms with Crippen molar-refractivity contribution in [2.45, 2.75) is 6.92 Å². The number of H-pyrrole nitrogens is 1. The molecule has 6 nitrogen and oxygen atoms in total. The number of hydrogen-bond donors (Lipinski definition) is 2. The summed E-state index contributed by atoms with van der Waals surface area (Å²) in [4.78, 5) is 23.8. The Labute approximate surface area is 97.9 Å². The first-order valence-corrected chi connectivity index (χ1v) is 5.03. The van der Waals surface area contributed by atoms with Crippen LogP contribution in [0.15, 0.2) is 24.7 Å². The highest BCUT2D eigenvalue weighted by molar-refractivity contribution is 5.93. The van der Waals surface area contributed by atoms with E-state index in [-0.39, 0.29) is 5.56 Å². The van der Waals surface area contributed by atoms with Crippen LogP contribution in [0.3, 0.4) is 0 Å². The molecule has 2 aromatic rings. The van der Waals surface area contributed by atoms with Gasteiger partial charge >= 0.3 is 5.97 Å². The Kier molecular flexibility index (Phi) is 2.78. The van der Waals surface area contributed by atoms with Crippen LogP contribution in [0.5, 0.6) is 0 Å². The van der Waals surface area contributed by atoms with Gasteiger partial charge < -0.3 is 15.0 Å². The number of rotatable bonds is 3. The Morgan fingerprint density at radius 3 is 2.88 bits per heavy atom. The van der Waals surface area contributed by atoms with Gasteiger partial charge in [-0.05, 0) is 13.0 Å². The van der Waals surface area contributed by atoms with Crippen LogP contribution < -0.4 is 4.90 Å². The Bertz CT molecular complexity index is 536. The van der Waals surface area contributed by atoms with E-state index in [0.717, 1.165) is 5.69 Å². The fourth-order valence-electron chi connectivity index (χ4n) is 1.51. The molecule has 0 aliphatic heterocycles. The molecule has 0 fully saturated rings. The maximum Gasteiger partial charge on any atom is 0.341 e. The zero-order chi connectivity index (χ0) is 12.4. The molecule has 2 heterocycles. The molecular weight excluding hydrogens is 220 g/mol. The number of hydrogen-bond acceptors (Lipinski definition) is 4. The van der Waals surface area contributed by atoms with Crippen LogP contribution in [0, 0.1) is 6.92 Å². The van der Waals surface area contributed by atoms with Crippen LogP contribution in [0.1, 0.15) is 16.2 Å². The summed E-state index contributed by atoms with van der Waals surface area (Å²) in [6.07, 6.45) is 4.85. The third kappa shape index (κ3) is 2.10. The normalized spacial score (nSPS) is 10.2. The Morgan fingerprint density at radius 2 is 2.29 bits per heavy atom. The fourth-order valence-corrected chi connectivity index (χ4v) is 1.51. The predicted octanol–water partition coefficient (Wildman–Crippen LogP) is 1.58. The molecule has 2 rings (SSSR count). The maximum absolute atomic E-state index is 11.1. The lowest BCUT2D eigenvalue weighted by atomic mass is 10.3. The molecule has 0 aliphatic rings. The standard InChI is InChI=1S/C11H12N4O2/c1-7-13-6-9(11(16)17)10(14-7)15(2)8-3-4-12-5-8/h3-6,12H,1-2H3,(H,16,17). The molecule has 88 valence electrons. The van der Waals surface area contributed by atoms with Crippen molar-refractivity contribution < 1.29 is 9.90 Å². The van der Waals surface area contributed by atoms with Crippen molar-refractivity contribution >= 4 is 17.5 Å². The number of aromatic carboxylic acids is 1. The Hall–Kier alpha value is -2.37. The molecule has 0 aromatic carbocycles. The molecule has 0 aliphatic carbocycles. The fraction of sp³-hybridized carbons (Fsp3) is 0.182. The second-order valence-corrected chi connectivity index (χ2v) is 3.59. The second kappa shape index (κ2) is 4.25. The summed E-state index contributed by atoms with van der Waals surface area (Å²) in [6, 6.07) is 1.84. The second-order valence-electron chi connectivity index (χ2n) is 3.59. The van der Waals surface area contributed by atoms with Crippen LogP contribution in [0.4, 0.5) is 11.5 Å². The molecule has 0 spiro atoms. The lowest BCUT2D eigenvalue weighted by Gasteiger charge is -2.18. The van der Waals surface area contributed by atoms with Gasteiger partial charge in [-0.15, -0.1) is 0 Å². The van der Waals surface area contributed by atoms with Crippen LogP contribution in [-0.4, -0.2) is 33.1 Å². The van der Waals surface area contributed by atoms with Gasteiger partial charge in [-0.1, -0.05) is 0 Å². The van der Waals surface area contributed by atoms with E-state index in [1.54, 1.807) is 31.3 Å². The van der Waals surface area contributed by atoms with Crippen LogP contribution in [-0.2, 0) is 0 Å². The molecule has 0 atom stereocenters. The van der Waals surface area contributed by atoms with Gasteiger partial charge in [0.15, 0.2) is 5.82 Å². The number of aromatic nitrogens is 3. The van der Waals surface area contributed by atoms with Gasteiger partial charge in [0.1, 0.15) is 11.4 Å². The number of anilines is 2. The third-order valence-electron chi connectivity index (χ3n) is 2.41. The molecule has 0 saturated heterocycles. The molecule has 0 radical (unpaired) electrons. The maximum atomic E-state index is 11.1. The third-order valence-corrected chi connectivity index (χ3v) is 2.41. The lowest BCUT2D eigenvalue weighted by molar-refractivity contribution is 0.0697. The summed E-state index contributed by atoms with van der Waals surface area (Å²) in [5.74, 6) is -0.126. The summed E-state index contributed by atoms with van der Waals surface area (Å²) in [6.45, 7) is 1.72.